The van der Waals surface area contributed by atoms with E-state index in [1.165, 1.54) is 32.1 Å². The maximum Gasteiger partial charge on any atom is 0.0102 e. The zero-order valence-electron chi connectivity index (χ0n) is 10.4. The Balaban J connectivity index is 1.57. The molecule has 0 bridgehead atoms. The van der Waals surface area contributed by atoms with Gasteiger partial charge in [0.15, 0.2) is 0 Å². The van der Waals surface area contributed by atoms with Gasteiger partial charge < -0.3 is 10.6 Å². The predicted octanol–water partition coefficient (Wildman–Crippen LogP) is 2.29. The number of hydrogen-bond acceptors (Lipinski definition) is 2. The molecule has 2 aliphatic rings. The van der Waals surface area contributed by atoms with Crippen molar-refractivity contribution in [3.63, 3.8) is 0 Å². The molecular weight excluding hydrogens is 184 g/mol. The van der Waals surface area contributed by atoms with Crippen molar-refractivity contribution >= 4 is 0 Å². The summed E-state index contributed by atoms with van der Waals surface area (Å²) in [5.74, 6) is 0.940. The van der Waals surface area contributed by atoms with E-state index in [4.69, 9.17) is 0 Å². The Labute approximate surface area is 94.2 Å². The quantitative estimate of drug-likeness (QED) is 0.703. The fraction of sp³-hybridized carbons (Fsp3) is 1.00. The molecule has 15 heavy (non-hydrogen) atoms. The molecule has 0 aromatic heterocycles. The Morgan fingerprint density at radius 2 is 1.87 bits per heavy atom. The van der Waals surface area contributed by atoms with Crippen molar-refractivity contribution in [3.05, 3.63) is 0 Å². The molecule has 0 aliphatic heterocycles. The monoisotopic (exact) mass is 210 g/mol. The summed E-state index contributed by atoms with van der Waals surface area (Å²) in [6.45, 7) is 6.83. The van der Waals surface area contributed by atoms with Crippen LogP contribution in [0.4, 0.5) is 0 Å². The van der Waals surface area contributed by atoms with E-state index in [0.29, 0.717) is 6.04 Å². The predicted molar refractivity (Wildman–Crippen MR) is 65.0 cm³/mol. The molecule has 88 valence electrons. The minimum absolute atomic E-state index is 0.648. The Kier molecular flexibility index (Phi) is 3.68. The normalized spacial score (nSPS) is 32.8. The second kappa shape index (κ2) is 4.84. The summed E-state index contributed by atoms with van der Waals surface area (Å²) >= 11 is 0. The lowest BCUT2D eigenvalue weighted by atomic mass is 9.92. The second-order valence-corrected chi connectivity index (χ2v) is 5.85. The maximum absolute atomic E-state index is 3.73. The third-order valence-corrected chi connectivity index (χ3v) is 3.75. The van der Waals surface area contributed by atoms with Gasteiger partial charge in [-0.3, -0.25) is 0 Å². The van der Waals surface area contributed by atoms with Crippen LogP contribution in [-0.4, -0.2) is 24.2 Å². The first-order valence-electron chi connectivity index (χ1n) is 6.67. The smallest absolute Gasteiger partial charge is 0.0102 e. The van der Waals surface area contributed by atoms with Gasteiger partial charge in [-0.2, -0.15) is 0 Å². The molecule has 2 unspecified atom stereocenters. The summed E-state index contributed by atoms with van der Waals surface area (Å²) in [4.78, 5) is 0. The van der Waals surface area contributed by atoms with Crippen LogP contribution in [0.2, 0.25) is 0 Å². The summed E-state index contributed by atoms with van der Waals surface area (Å²) < 4.78 is 0. The van der Waals surface area contributed by atoms with Gasteiger partial charge in [0.25, 0.3) is 0 Å². The minimum Gasteiger partial charge on any atom is -0.311 e. The van der Waals surface area contributed by atoms with Gasteiger partial charge in [-0.15, -0.1) is 0 Å². The average Bonchev–Trinajstić information content (AvgIpc) is 2.75. The molecule has 2 nitrogen and oxygen atoms in total. The van der Waals surface area contributed by atoms with E-state index in [0.717, 1.165) is 24.0 Å². The summed E-state index contributed by atoms with van der Waals surface area (Å²) in [6.07, 6.45) is 7.01. The van der Waals surface area contributed by atoms with Crippen molar-refractivity contribution in [2.75, 3.05) is 0 Å². The van der Waals surface area contributed by atoms with Crippen molar-refractivity contribution in [3.8, 4) is 0 Å². The van der Waals surface area contributed by atoms with E-state index in [9.17, 15) is 0 Å². The van der Waals surface area contributed by atoms with E-state index >= 15 is 0 Å². The molecule has 2 rings (SSSR count). The van der Waals surface area contributed by atoms with E-state index in [1.807, 2.05) is 0 Å². The van der Waals surface area contributed by atoms with Crippen molar-refractivity contribution in [2.24, 2.45) is 5.92 Å². The molecular formula is C13H26N2. The summed E-state index contributed by atoms with van der Waals surface area (Å²) in [6, 6.07) is 3.03. The van der Waals surface area contributed by atoms with Crippen molar-refractivity contribution < 1.29 is 0 Å². The van der Waals surface area contributed by atoms with Crippen LogP contribution in [-0.2, 0) is 0 Å². The topological polar surface area (TPSA) is 24.1 Å². The Bertz CT molecular complexity index is 199. The number of nitrogens with one attached hydrogen (secondary N) is 2. The fourth-order valence-electron chi connectivity index (χ4n) is 2.64. The van der Waals surface area contributed by atoms with Gasteiger partial charge in [0.05, 0.1) is 0 Å². The van der Waals surface area contributed by atoms with Crippen LogP contribution in [0.25, 0.3) is 0 Å². The standard InChI is InChI=1S/C13H26N2/c1-9(2)14-13-8-11(13)7-10(3)15-12-5-4-6-12/h9-15H,4-8H2,1-3H3/t10-,11?,13?/m0/s1. The van der Waals surface area contributed by atoms with Gasteiger partial charge in [0.2, 0.25) is 0 Å². The van der Waals surface area contributed by atoms with E-state index < -0.39 is 0 Å². The summed E-state index contributed by atoms with van der Waals surface area (Å²) in [7, 11) is 0. The second-order valence-electron chi connectivity index (χ2n) is 5.85. The van der Waals surface area contributed by atoms with Gasteiger partial charge in [0.1, 0.15) is 0 Å². The van der Waals surface area contributed by atoms with Crippen molar-refractivity contribution in [1.82, 2.24) is 10.6 Å². The lowest BCUT2D eigenvalue weighted by Crippen LogP contribution is -2.41. The molecule has 0 spiro atoms. The number of hydrogen-bond donors (Lipinski definition) is 2. The highest BCUT2D eigenvalue weighted by molar-refractivity contribution is 4.96. The van der Waals surface area contributed by atoms with Crippen LogP contribution in [0.5, 0.6) is 0 Å². The van der Waals surface area contributed by atoms with E-state index in [1.54, 1.807) is 0 Å². The van der Waals surface area contributed by atoms with Gasteiger partial charge in [0, 0.05) is 24.2 Å². The third-order valence-electron chi connectivity index (χ3n) is 3.75. The molecule has 3 atom stereocenters. The van der Waals surface area contributed by atoms with E-state index in [-0.39, 0.29) is 0 Å². The molecule has 0 aromatic rings. The van der Waals surface area contributed by atoms with Crippen LogP contribution >= 0.6 is 0 Å². The SMILES string of the molecule is CC(C)NC1CC1C[C@H](C)NC1CCC1. The molecule has 0 aromatic carbocycles. The fourth-order valence-corrected chi connectivity index (χ4v) is 2.64. The van der Waals surface area contributed by atoms with Crippen LogP contribution in [0.3, 0.4) is 0 Å². The van der Waals surface area contributed by atoms with Gasteiger partial charge in [-0.05, 0) is 38.5 Å². The molecule has 0 radical (unpaired) electrons. The van der Waals surface area contributed by atoms with Gasteiger partial charge in [-0.25, -0.2) is 0 Å². The molecule has 0 heterocycles. The van der Waals surface area contributed by atoms with Crippen LogP contribution in [0.1, 0.15) is 52.9 Å². The first kappa shape index (κ1) is 11.4. The Hall–Kier alpha value is -0.0800. The van der Waals surface area contributed by atoms with Gasteiger partial charge in [-0.1, -0.05) is 20.3 Å². The molecule has 2 aliphatic carbocycles. The lowest BCUT2D eigenvalue weighted by molar-refractivity contribution is 0.298. The first-order chi connectivity index (χ1) is 7.15. The molecule has 0 amide bonds. The van der Waals surface area contributed by atoms with Crippen molar-refractivity contribution in [1.29, 1.82) is 0 Å². The zero-order valence-corrected chi connectivity index (χ0v) is 10.4. The van der Waals surface area contributed by atoms with E-state index in [2.05, 4.69) is 31.4 Å². The molecule has 2 N–H and O–H groups in total. The molecule has 2 saturated carbocycles. The van der Waals surface area contributed by atoms with Crippen LogP contribution in [0.15, 0.2) is 0 Å². The average molecular weight is 210 g/mol. The summed E-state index contributed by atoms with van der Waals surface area (Å²) in [5.41, 5.74) is 0. The summed E-state index contributed by atoms with van der Waals surface area (Å²) in [5, 5.41) is 7.36. The van der Waals surface area contributed by atoms with Gasteiger partial charge >= 0.3 is 0 Å². The minimum atomic E-state index is 0.648. The molecule has 2 heteroatoms. The maximum atomic E-state index is 3.73. The highest BCUT2D eigenvalue weighted by Crippen LogP contribution is 2.35. The Morgan fingerprint density at radius 1 is 1.13 bits per heavy atom. The highest BCUT2D eigenvalue weighted by Gasteiger charge is 2.38. The molecule has 0 saturated heterocycles. The van der Waals surface area contributed by atoms with Crippen LogP contribution in [0, 0.1) is 5.92 Å². The van der Waals surface area contributed by atoms with Crippen molar-refractivity contribution in [2.45, 2.75) is 77.0 Å². The van der Waals surface area contributed by atoms with Crippen LogP contribution < -0.4 is 10.6 Å². The third kappa shape index (κ3) is 3.46. The highest BCUT2D eigenvalue weighted by atomic mass is 15.0. The largest absolute Gasteiger partial charge is 0.311 e. The first-order valence-corrected chi connectivity index (χ1v) is 6.67. The molecule has 2 fully saturated rings. The Morgan fingerprint density at radius 3 is 2.40 bits per heavy atom. The zero-order chi connectivity index (χ0) is 10.8. The number of rotatable bonds is 6. The lowest BCUT2D eigenvalue weighted by Gasteiger charge is -2.30.